The van der Waals surface area contributed by atoms with Crippen molar-refractivity contribution in [3.05, 3.63) is 45.5 Å². The van der Waals surface area contributed by atoms with Crippen LogP contribution in [0.4, 0.5) is 4.39 Å². The van der Waals surface area contributed by atoms with Crippen molar-refractivity contribution in [1.29, 1.82) is 0 Å². The van der Waals surface area contributed by atoms with Crippen LogP contribution in [0.15, 0.2) is 34.8 Å². The molecule has 0 spiro atoms. The van der Waals surface area contributed by atoms with Gasteiger partial charge in [0.25, 0.3) is 0 Å². The maximum Gasteiger partial charge on any atom is 0.169 e. The fourth-order valence-electron chi connectivity index (χ4n) is 1.36. The SMILES string of the molecule is CC(=O)c1ccc(-c2cc(Br)ccc2F)s1. The third-order valence-electron chi connectivity index (χ3n) is 2.15. The predicted molar refractivity (Wildman–Crippen MR) is 67.4 cm³/mol. The number of benzene rings is 1. The summed E-state index contributed by atoms with van der Waals surface area (Å²) in [5.41, 5.74) is 0.520. The minimum absolute atomic E-state index is 0.00616. The van der Waals surface area contributed by atoms with E-state index in [2.05, 4.69) is 15.9 Å². The van der Waals surface area contributed by atoms with Crippen molar-refractivity contribution in [2.75, 3.05) is 0 Å². The molecule has 0 fully saturated rings. The van der Waals surface area contributed by atoms with Crippen LogP contribution in [0.25, 0.3) is 10.4 Å². The van der Waals surface area contributed by atoms with E-state index in [1.165, 1.54) is 24.3 Å². The van der Waals surface area contributed by atoms with Gasteiger partial charge in [-0.2, -0.15) is 0 Å². The van der Waals surface area contributed by atoms with Crippen molar-refractivity contribution in [3.63, 3.8) is 0 Å². The van der Waals surface area contributed by atoms with Gasteiger partial charge in [-0.15, -0.1) is 11.3 Å². The lowest BCUT2D eigenvalue weighted by molar-refractivity contribution is 0.102. The predicted octanol–water partition coefficient (Wildman–Crippen LogP) is 4.52. The fraction of sp³-hybridized carbons (Fsp3) is 0.0833. The number of thiophene rings is 1. The summed E-state index contributed by atoms with van der Waals surface area (Å²) in [4.78, 5) is 12.6. The zero-order valence-electron chi connectivity index (χ0n) is 8.46. The Hall–Kier alpha value is -1.00. The first-order chi connectivity index (χ1) is 7.58. The van der Waals surface area contributed by atoms with Crippen LogP contribution in [0.3, 0.4) is 0 Å². The molecular weight excluding hydrogens is 291 g/mol. The Balaban J connectivity index is 2.50. The van der Waals surface area contributed by atoms with E-state index in [4.69, 9.17) is 0 Å². The second-order valence-electron chi connectivity index (χ2n) is 3.34. The smallest absolute Gasteiger partial charge is 0.169 e. The van der Waals surface area contributed by atoms with E-state index in [9.17, 15) is 9.18 Å². The summed E-state index contributed by atoms with van der Waals surface area (Å²) >= 11 is 4.61. The summed E-state index contributed by atoms with van der Waals surface area (Å²) in [6, 6.07) is 8.27. The summed E-state index contributed by atoms with van der Waals surface area (Å²) in [5, 5.41) is 0. The molecule has 0 N–H and O–H groups in total. The number of carbonyl (C=O) groups is 1. The largest absolute Gasteiger partial charge is 0.294 e. The van der Waals surface area contributed by atoms with Crippen molar-refractivity contribution in [2.24, 2.45) is 0 Å². The maximum absolute atomic E-state index is 13.6. The van der Waals surface area contributed by atoms with Gasteiger partial charge in [0.1, 0.15) is 5.82 Å². The van der Waals surface area contributed by atoms with E-state index in [-0.39, 0.29) is 11.6 Å². The van der Waals surface area contributed by atoms with E-state index < -0.39 is 0 Å². The summed E-state index contributed by atoms with van der Waals surface area (Å²) in [6.45, 7) is 1.51. The molecule has 0 unspecified atom stereocenters. The lowest BCUT2D eigenvalue weighted by Crippen LogP contribution is -1.83. The quantitative estimate of drug-likeness (QED) is 0.745. The Morgan fingerprint density at radius 2 is 2.06 bits per heavy atom. The number of hydrogen-bond donors (Lipinski definition) is 0. The number of ketones is 1. The highest BCUT2D eigenvalue weighted by Crippen LogP contribution is 2.32. The second-order valence-corrected chi connectivity index (χ2v) is 5.34. The number of rotatable bonds is 2. The molecule has 1 aromatic carbocycles. The lowest BCUT2D eigenvalue weighted by atomic mass is 10.2. The molecule has 16 heavy (non-hydrogen) atoms. The Kier molecular flexibility index (Phi) is 3.21. The normalized spacial score (nSPS) is 10.4. The molecule has 0 saturated carbocycles. The molecule has 0 aliphatic carbocycles. The van der Waals surface area contributed by atoms with E-state index in [1.54, 1.807) is 24.3 Å². The van der Waals surface area contributed by atoms with E-state index in [1.807, 2.05) is 0 Å². The van der Waals surface area contributed by atoms with Gasteiger partial charge in [-0.3, -0.25) is 4.79 Å². The molecule has 0 atom stereocenters. The molecule has 0 saturated heterocycles. The van der Waals surface area contributed by atoms with Gasteiger partial charge in [0.05, 0.1) is 4.88 Å². The van der Waals surface area contributed by atoms with Gasteiger partial charge in [-0.05, 0) is 37.3 Å². The topological polar surface area (TPSA) is 17.1 Å². The van der Waals surface area contributed by atoms with Crippen molar-refractivity contribution in [2.45, 2.75) is 6.92 Å². The summed E-state index contributed by atoms with van der Waals surface area (Å²) in [5.74, 6) is -0.271. The van der Waals surface area contributed by atoms with Gasteiger partial charge in [0.2, 0.25) is 0 Å². The Labute approximate surface area is 105 Å². The summed E-state index contributed by atoms with van der Waals surface area (Å²) in [6.07, 6.45) is 0. The third kappa shape index (κ3) is 2.23. The van der Waals surface area contributed by atoms with Crippen molar-refractivity contribution in [3.8, 4) is 10.4 Å². The molecule has 2 aromatic rings. The van der Waals surface area contributed by atoms with Gasteiger partial charge in [-0.25, -0.2) is 4.39 Å². The highest BCUT2D eigenvalue weighted by Gasteiger charge is 2.10. The van der Waals surface area contributed by atoms with Crippen LogP contribution in [-0.2, 0) is 0 Å². The van der Waals surface area contributed by atoms with Gasteiger partial charge < -0.3 is 0 Å². The highest BCUT2D eigenvalue weighted by atomic mass is 79.9. The van der Waals surface area contributed by atoms with E-state index >= 15 is 0 Å². The standard InChI is InChI=1S/C12H8BrFOS/c1-7(15)11-4-5-12(16-11)9-6-8(13)2-3-10(9)14/h2-6H,1H3. The monoisotopic (exact) mass is 298 g/mol. The molecule has 1 aromatic heterocycles. The van der Waals surface area contributed by atoms with Crippen molar-refractivity contribution < 1.29 is 9.18 Å². The Morgan fingerprint density at radius 3 is 2.69 bits per heavy atom. The van der Waals surface area contributed by atoms with Crippen LogP contribution in [-0.4, -0.2) is 5.78 Å². The van der Waals surface area contributed by atoms with Crippen LogP contribution in [0.2, 0.25) is 0 Å². The number of hydrogen-bond acceptors (Lipinski definition) is 2. The average molecular weight is 299 g/mol. The minimum Gasteiger partial charge on any atom is -0.294 e. The van der Waals surface area contributed by atoms with Crippen molar-refractivity contribution >= 4 is 33.0 Å². The molecule has 1 nitrogen and oxygen atoms in total. The zero-order valence-corrected chi connectivity index (χ0v) is 10.9. The summed E-state index contributed by atoms with van der Waals surface area (Å²) < 4.78 is 14.4. The molecule has 0 amide bonds. The lowest BCUT2D eigenvalue weighted by Gasteiger charge is -2.00. The van der Waals surface area contributed by atoms with E-state index in [0.29, 0.717) is 10.4 Å². The van der Waals surface area contributed by atoms with Gasteiger partial charge >= 0.3 is 0 Å². The van der Waals surface area contributed by atoms with Crippen molar-refractivity contribution in [1.82, 2.24) is 0 Å². The number of carbonyl (C=O) groups excluding carboxylic acids is 1. The van der Waals surface area contributed by atoms with Crippen LogP contribution < -0.4 is 0 Å². The minimum atomic E-state index is -0.278. The molecule has 0 aliphatic rings. The highest BCUT2D eigenvalue weighted by molar-refractivity contribution is 9.10. The van der Waals surface area contributed by atoms with Crippen LogP contribution in [0.5, 0.6) is 0 Å². The molecule has 4 heteroatoms. The fourth-order valence-corrected chi connectivity index (χ4v) is 2.64. The molecule has 82 valence electrons. The van der Waals surface area contributed by atoms with E-state index in [0.717, 1.165) is 9.35 Å². The molecule has 2 rings (SSSR count). The maximum atomic E-state index is 13.6. The van der Waals surface area contributed by atoms with Crippen LogP contribution in [0, 0.1) is 5.82 Å². The zero-order chi connectivity index (χ0) is 11.7. The van der Waals surface area contributed by atoms with Gasteiger partial charge in [0, 0.05) is 14.9 Å². The first-order valence-corrected chi connectivity index (χ1v) is 6.25. The Morgan fingerprint density at radius 1 is 1.31 bits per heavy atom. The number of Topliss-reactive ketones (excluding diaryl/α,β-unsaturated/α-hetero) is 1. The van der Waals surface area contributed by atoms with Crippen LogP contribution in [0.1, 0.15) is 16.6 Å². The molecule has 0 aliphatic heterocycles. The second kappa shape index (κ2) is 4.47. The molecule has 1 heterocycles. The van der Waals surface area contributed by atoms with Crippen LogP contribution >= 0.6 is 27.3 Å². The molecule has 0 radical (unpaired) electrons. The number of halogens is 2. The first kappa shape index (κ1) is 11.5. The molecule has 0 bridgehead atoms. The van der Waals surface area contributed by atoms with Gasteiger partial charge in [0.15, 0.2) is 5.78 Å². The first-order valence-electron chi connectivity index (χ1n) is 4.64. The Bertz CT molecular complexity index is 548. The van der Waals surface area contributed by atoms with Gasteiger partial charge in [-0.1, -0.05) is 15.9 Å². The molecular formula is C12H8BrFOS. The third-order valence-corrected chi connectivity index (χ3v) is 3.86. The summed E-state index contributed by atoms with van der Waals surface area (Å²) in [7, 11) is 0. The average Bonchev–Trinajstić information content (AvgIpc) is 2.70.